The summed E-state index contributed by atoms with van der Waals surface area (Å²) < 4.78 is 0. The molecule has 0 amide bonds. The van der Waals surface area contributed by atoms with Crippen molar-refractivity contribution >= 4 is 23.2 Å². The fourth-order valence-corrected chi connectivity index (χ4v) is 5.80. The molecule has 5 heteroatoms. The SMILES string of the molecule is C1=NCN(c2ccc(N3CCNCC3)cc2)C2=C1c1ccccc1C21CCNCC1. The number of allylic oxidation sites excluding steroid dienone is 2. The van der Waals surface area contributed by atoms with Gasteiger partial charge in [0.25, 0.3) is 0 Å². The van der Waals surface area contributed by atoms with Crippen LogP contribution in [0.3, 0.4) is 0 Å². The number of fused-ring (bicyclic) bond motifs is 4. The minimum Gasteiger partial charge on any atom is -0.369 e. The van der Waals surface area contributed by atoms with Crippen molar-refractivity contribution < 1.29 is 0 Å². The Morgan fingerprint density at radius 1 is 0.800 bits per heavy atom. The molecule has 2 saturated heterocycles. The molecule has 1 aliphatic carbocycles. The van der Waals surface area contributed by atoms with Crippen LogP contribution in [0.4, 0.5) is 11.4 Å². The largest absolute Gasteiger partial charge is 0.369 e. The minimum atomic E-state index is 0.0980. The van der Waals surface area contributed by atoms with Crippen molar-refractivity contribution in [2.75, 3.05) is 55.7 Å². The van der Waals surface area contributed by atoms with Crippen molar-refractivity contribution in [2.45, 2.75) is 18.3 Å². The van der Waals surface area contributed by atoms with Gasteiger partial charge in [-0.2, -0.15) is 0 Å². The monoisotopic (exact) mass is 399 g/mol. The molecule has 6 rings (SSSR count). The van der Waals surface area contributed by atoms with Gasteiger partial charge in [-0.1, -0.05) is 24.3 Å². The van der Waals surface area contributed by atoms with E-state index in [1.807, 2.05) is 0 Å². The predicted octanol–water partition coefficient (Wildman–Crippen LogP) is 2.99. The summed E-state index contributed by atoms with van der Waals surface area (Å²) in [7, 11) is 0. The fraction of sp³-hybridized carbons (Fsp3) is 0.400. The zero-order valence-corrected chi connectivity index (χ0v) is 17.4. The van der Waals surface area contributed by atoms with Gasteiger partial charge in [-0.3, -0.25) is 4.99 Å². The molecule has 0 bridgehead atoms. The standard InChI is InChI=1S/C25H29N5/c1-2-4-23-21(3-1)22-17-28-18-30(24(22)25(23)9-11-26-12-10-25)20-7-5-19(6-8-20)29-15-13-27-14-16-29/h1-8,17,26-27H,9-16,18H2. The van der Waals surface area contributed by atoms with Crippen molar-refractivity contribution in [3.8, 4) is 0 Å². The van der Waals surface area contributed by atoms with Crippen LogP contribution in [0.2, 0.25) is 0 Å². The molecule has 2 fully saturated rings. The van der Waals surface area contributed by atoms with Crippen molar-refractivity contribution in [2.24, 2.45) is 4.99 Å². The number of aliphatic imine (C=N–C) groups is 1. The van der Waals surface area contributed by atoms with Crippen LogP contribution in [0, 0.1) is 0 Å². The lowest BCUT2D eigenvalue weighted by molar-refractivity contribution is 0.354. The minimum absolute atomic E-state index is 0.0980. The molecule has 0 radical (unpaired) electrons. The van der Waals surface area contributed by atoms with Gasteiger partial charge in [0, 0.05) is 60.5 Å². The van der Waals surface area contributed by atoms with Crippen molar-refractivity contribution in [1.82, 2.24) is 10.6 Å². The Hall–Kier alpha value is -2.63. The molecule has 1 spiro atoms. The second-order valence-electron chi connectivity index (χ2n) is 8.77. The molecule has 5 nitrogen and oxygen atoms in total. The molecule has 0 aromatic heterocycles. The van der Waals surface area contributed by atoms with E-state index in [9.17, 15) is 0 Å². The zero-order chi connectivity index (χ0) is 20.0. The Kier molecular flexibility index (Phi) is 4.39. The molecule has 154 valence electrons. The Morgan fingerprint density at radius 3 is 2.30 bits per heavy atom. The summed E-state index contributed by atoms with van der Waals surface area (Å²) in [5, 5.41) is 7.01. The molecule has 0 saturated carbocycles. The summed E-state index contributed by atoms with van der Waals surface area (Å²) in [5.74, 6) is 0. The van der Waals surface area contributed by atoms with E-state index in [4.69, 9.17) is 4.99 Å². The van der Waals surface area contributed by atoms with E-state index in [0.29, 0.717) is 6.67 Å². The van der Waals surface area contributed by atoms with E-state index in [0.717, 1.165) is 52.1 Å². The second-order valence-corrected chi connectivity index (χ2v) is 8.77. The molecular weight excluding hydrogens is 370 g/mol. The third kappa shape index (κ3) is 2.72. The van der Waals surface area contributed by atoms with Crippen LogP contribution in [0.15, 0.2) is 59.2 Å². The van der Waals surface area contributed by atoms with Crippen molar-refractivity contribution in [1.29, 1.82) is 0 Å². The number of rotatable bonds is 2. The summed E-state index contributed by atoms with van der Waals surface area (Å²) >= 11 is 0. The number of anilines is 2. The summed E-state index contributed by atoms with van der Waals surface area (Å²) in [5.41, 5.74) is 8.33. The molecule has 2 aromatic rings. The highest BCUT2D eigenvalue weighted by molar-refractivity contribution is 6.16. The predicted molar refractivity (Wildman–Crippen MR) is 125 cm³/mol. The maximum absolute atomic E-state index is 4.78. The van der Waals surface area contributed by atoms with E-state index in [1.165, 1.54) is 33.8 Å². The van der Waals surface area contributed by atoms with E-state index < -0.39 is 0 Å². The number of piperidine rings is 1. The normalized spacial score (nSPS) is 22.4. The molecule has 3 heterocycles. The van der Waals surface area contributed by atoms with Gasteiger partial charge in [0.15, 0.2) is 0 Å². The lowest BCUT2D eigenvalue weighted by Gasteiger charge is -2.43. The molecule has 3 aliphatic heterocycles. The molecule has 0 atom stereocenters. The number of piperazine rings is 1. The molecular formula is C25H29N5. The Morgan fingerprint density at radius 2 is 1.50 bits per heavy atom. The topological polar surface area (TPSA) is 42.9 Å². The maximum atomic E-state index is 4.78. The van der Waals surface area contributed by atoms with Crippen LogP contribution in [0.25, 0.3) is 5.57 Å². The highest BCUT2D eigenvalue weighted by Crippen LogP contribution is 2.53. The van der Waals surface area contributed by atoms with Gasteiger partial charge in [-0.05, 0) is 61.3 Å². The first-order valence-corrected chi connectivity index (χ1v) is 11.3. The molecule has 2 aromatic carbocycles. The van der Waals surface area contributed by atoms with E-state index in [-0.39, 0.29) is 5.41 Å². The van der Waals surface area contributed by atoms with E-state index >= 15 is 0 Å². The molecule has 30 heavy (non-hydrogen) atoms. The summed E-state index contributed by atoms with van der Waals surface area (Å²) in [6, 6.07) is 18.2. The van der Waals surface area contributed by atoms with Crippen molar-refractivity contribution in [3.63, 3.8) is 0 Å². The van der Waals surface area contributed by atoms with Gasteiger partial charge in [-0.25, -0.2) is 0 Å². The quantitative estimate of drug-likeness (QED) is 0.815. The van der Waals surface area contributed by atoms with Gasteiger partial charge in [0.2, 0.25) is 0 Å². The van der Waals surface area contributed by atoms with Crippen LogP contribution in [0.1, 0.15) is 24.0 Å². The summed E-state index contributed by atoms with van der Waals surface area (Å²) in [6.07, 6.45) is 4.41. The van der Waals surface area contributed by atoms with Crippen LogP contribution >= 0.6 is 0 Å². The first-order valence-electron chi connectivity index (χ1n) is 11.3. The average molecular weight is 400 g/mol. The highest BCUT2D eigenvalue weighted by Gasteiger charge is 2.48. The van der Waals surface area contributed by atoms with E-state index in [2.05, 4.69) is 75.2 Å². The van der Waals surface area contributed by atoms with Gasteiger partial charge in [-0.15, -0.1) is 0 Å². The number of benzene rings is 2. The van der Waals surface area contributed by atoms with Crippen LogP contribution in [-0.4, -0.2) is 52.2 Å². The Balaban J connectivity index is 1.40. The Bertz CT molecular complexity index is 994. The lowest BCUT2D eigenvalue weighted by Crippen LogP contribution is -2.45. The van der Waals surface area contributed by atoms with Gasteiger partial charge < -0.3 is 20.4 Å². The third-order valence-corrected chi connectivity index (χ3v) is 7.26. The molecule has 4 aliphatic rings. The average Bonchev–Trinajstić information content (AvgIpc) is 3.10. The second kappa shape index (κ2) is 7.25. The van der Waals surface area contributed by atoms with Crippen molar-refractivity contribution in [3.05, 3.63) is 65.4 Å². The number of hydrogen-bond acceptors (Lipinski definition) is 5. The smallest absolute Gasteiger partial charge is 0.114 e. The van der Waals surface area contributed by atoms with Crippen LogP contribution in [-0.2, 0) is 5.41 Å². The first-order chi connectivity index (χ1) is 14.9. The molecule has 2 N–H and O–H groups in total. The number of nitrogens with one attached hydrogen (secondary N) is 2. The lowest BCUT2D eigenvalue weighted by atomic mass is 9.72. The van der Waals surface area contributed by atoms with Crippen LogP contribution in [0.5, 0.6) is 0 Å². The van der Waals surface area contributed by atoms with Gasteiger partial charge in [0.1, 0.15) is 6.67 Å². The van der Waals surface area contributed by atoms with Crippen LogP contribution < -0.4 is 20.4 Å². The summed E-state index contributed by atoms with van der Waals surface area (Å²) in [6.45, 7) is 7.12. The number of nitrogens with zero attached hydrogens (tertiary/aromatic N) is 3. The van der Waals surface area contributed by atoms with E-state index in [1.54, 1.807) is 0 Å². The molecule has 0 unspecified atom stereocenters. The first kappa shape index (κ1) is 18.2. The maximum Gasteiger partial charge on any atom is 0.114 e. The third-order valence-electron chi connectivity index (χ3n) is 7.26. The van der Waals surface area contributed by atoms with Gasteiger partial charge >= 0.3 is 0 Å². The Labute approximate surface area is 178 Å². The van der Waals surface area contributed by atoms with Gasteiger partial charge in [0.05, 0.1) is 0 Å². The zero-order valence-electron chi connectivity index (χ0n) is 17.4. The fourth-order valence-electron chi connectivity index (χ4n) is 5.80. The number of hydrogen-bond donors (Lipinski definition) is 2. The summed E-state index contributed by atoms with van der Waals surface area (Å²) in [4.78, 5) is 9.72. The highest BCUT2D eigenvalue weighted by atomic mass is 15.2.